The molecule has 0 unspecified atom stereocenters. The lowest BCUT2D eigenvalue weighted by Crippen LogP contribution is -2.17. The molecule has 1 aromatic rings. The molecule has 0 atom stereocenters. The second-order valence-electron chi connectivity index (χ2n) is 4.18. The van der Waals surface area contributed by atoms with Crippen molar-refractivity contribution in [3.8, 4) is 0 Å². The predicted molar refractivity (Wildman–Crippen MR) is 75.7 cm³/mol. The van der Waals surface area contributed by atoms with Crippen molar-refractivity contribution in [2.24, 2.45) is 11.0 Å². The molecule has 1 N–H and O–H groups in total. The first-order valence-corrected chi connectivity index (χ1v) is 7.03. The maximum atomic E-state index is 11.4. The van der Waals surface area contributed by atoms with Gasteiger partial charge in [-0.15, -0.1) is 11.8 Å². The van der Waals surface area contributed by atoms with Crippen molar-refractivity contribution in [3.05, 3.63) is 24.4 Å². The predicted octanol–water partition coefficient (Wildman–Crippen LogP) is 2.71. The quantitative estimate of drug-likeness (QED) is 0.357. The van der Waals surface area contributed by atoms with Crippen LogP contribution in [0.4, 0.5) is 0 Å². The van der Waals surface area contributed by atoms with Gasteiger partial charge >= 0.3 is 0 Å². The minimum atomic E-state index is -0.0338. The van der Waals surface area contributed by atoms with Crippen LogP contribution in [0.5, 0.6) is 0 Å². The van der Waals surface area contributed by atoms with E-state index in [-0.39, 0.29) is 5.91 Å². The highest BCUT2D eigenvalue weighted by atomic mass is 32.2. The molecule has 0 bridgehead atoms. The molecule has 0 aliphatic carbocycles. The maximum Gasteiger partial charge on any atom is 0.240 e. The van der Waals surface area contributed by atoms with Crippen LogP contribution in [-0.4, -0.2) is 22.9 Å². The van der Waals surface area contributed by atoms with Crippen molar-refractivity contribution >= 4 is 23.9 Å². The number of nitrogens with zero attached hydrogens (tertiary/aromatic N) is 2. The molecule has 0 aromatic carbocycles. The van der Waals surface area contributed by atoms with E-state index < -0.39 is 0 Å². The highest BCUT2D eigenvalue weighted by Gasteiger charge is 2.00. The van der Waals surface area contributed by atoms with E-state index in [4.69, 9.17) is 0 Å². The number of pyridine rings is 1. The van der Waals surface area contributed by atoms with Crippen molar-refractivity contribution in [1.29, 1.82) is 0 Å². The summed E-state index contributed by atoms with van der Waals surface area (Å²) in [4.78, 5) is 15.6. The highest BCUT2D eigenvalue weighted by Crippen LogP contribution is 2.15. The van der Waals surface area contributed by atoms with Gasteiger partial charge in [0.05, 0.1) is 5.03 Å². The summed E-state index contributed by atoms with van der Waals surface area (Å²) in [5.74, 6) is 1.21. The SMILES string of the molecule is CC(C)/C=N/NC(=O)CCCSc1ccccn1. The van der Waals surface area contributed by atoms with Gasteiger partial charge in [-0.1, -0.05) is 19.9 Å². The topological polar surface area (TPSA) is 54.4 Å². The molecule has 0 fully saturated rings. The zero-order valence-corrected chi connectivity index (χ0v) is 11.6. The zero-order valence-electron chi connectivity index (χ0n) is 10.8. The number of hydrazone groups is 1. The Bertz CT molecular complexity index is 379. The normalized spacial score (nSPS) is 11.1. The number of carbonyl (C=O) groups excluding carboxylic acids is 1. The molecular formula is C13H19N3OS. The van der Waals surface area contributed by atoms with Gasteiger partial charge in [0.1, 0.15) is 0 Å². The molecule has 18 heavy (non-hydrogen) atoms. The van der Waals surface area contributed by atoms with Crippen LogP contribution in [0, 0.1) is 5.92 Å². The van der Waals surface area contributed by atoms with E-state index >= 15 is 0 Å². The minimum absolute atomic E-state index is 0.0338. The van der Waals surface area contributed by atoms with Gasteiger partial charge in [-0.05, 0) is 30.2 Å². The summed E-state index contributed by atoms with van der Waals surface area (Å²) in [5.41, 5.74) is 2.52. The highest BCUT2D eigenvalue weighted by molar-refractivity contribution is 7.99. The third kappa shape index (κ3) is 7.06. The van der Waals surface area contributed by atoms with E-state index in [0.717, 1.165) is 17.2 Å². The zero-order chi connectivity index (χ0) is 13.2. The smallest absolute Gasteiger partial charge is 0.240 e. The van der Waals surface area contributed by atoms with Gasteiger partial charge in [0.25, 0.3) is 0 Å². The second-order valence-corrected chi connectivity index (χ2v) is 5.29. The molecule has 1 aromatic heterocycles. The fourth-order valence-corrected chi connectivity index (χ4v) is 1.96. The van der Waals surface area contributed by atoms with Gasteiger partial charge in [-0.25, -0.2) is 10.4 Å². The molecular weight excluding hydrogens is 246 g/mol. The van der Waals surface area contributed by atoms with Crippen molar-refractivity contribution in [3.63, 3.8) is 0 Å². The fourth-order valence-electron chi connectivity index (χ4n) is 1.16. The summed E-state index contributed by atoms with van der Waals surface area (Å²) in [6.07, 6.45) is 4.82. The summed E-state index contributed by atoms with van der Waals surface area (Å²) in [5, 5.41) is 4.86. The maximum absolute atomic E-state index is 11.4. The number of aromatic nitrogens is 1. The number of rotatable bonds is 7. The summed E-state index contributed by atoms with van der Waals surface area (Å²) < 4.78 is 0. The lowest BCUT2D eigenvalue weighted by Gasteiger charge is -2.01. The molecule has 5 heteroatoms. The van der Waals surface area contributed by atoms with Crippen LogP contribution in [0.15, 0.2) is 34.5 Å². The summed E-state index contributed by atoms with van der Waals surface area (Å²) in [7, 11) is 0. The Balaban J connectivity index is 2.09. The second kappa shape index (κ2) is 8.69. The molecule has 1 rings (SSSR count). The van der Waals surface area contributed by atoms with Gasteiger partial charge in [0.15, 0.2) is 0 Å². The van der Waals surface area contributed by atoms with Crippen LogP contribution < -0.4 is 5.43 Å². The van der Waals surface area contributed by atoms with Gasteiger partial charge in [0, 0.05) is 18.8 Å². The standard InChI is InChI=1S/C13H19N3OS/c1-11(2)10-15-16-12(17)6-5-9-18-13-7-3-4-8-14-13/h3-4,7-8,10-11H,5-6,9H2,1-2H3,(H,16,17)/b15-10+. The van der Waals surface area contributed by atoms with E-state index in [9.17, 15) is 4.79 Å². The summed E-state index contributed by atoms with van der Waals surface area (Å²) in [6, 6.07) is 5.82. The number of thioether (sulfide) groups is 1. The Hall–Kier alpha value is -1.36. The Morgan fingerprint density at radius 2 is 2.39 bits per heavy atom. The van der Waals surface area contributed by atoms with Crippen molar-refractivity contribution in [1.82, 2.24) is 10.4 Å². The van der Waals surface area contributed by atoms with Crippen LogP contribution in [0.2, 0.25) is 0 Å². The molecule has 1 heterocycles. The third-order valence-electron chi connectivity index (χ3n) is 2.00. The molecule has 0 aliphatic rings. The third-order valence-corrected chi connectivity index (χ3v) is 3.03. The monoisotopic (exact) mass is 265 g/mol. The molecule has 1 amide bonds. The first-order chi connectivity index (χ1) is 8.68. The molecule has 0 radical (unpaired) electrons. The average molecular weight is 265 g/mol. The summed E-state index contributed by atoms with van der Waals surface area (Å²) in [6.45, 7) is 4.03. The van der Waals surface area contributed by atoms with Crippen LogP contribution in [0.3, 0.4) is 0 Å². The van der Waals surface area contributed by atoms with Crippen molar-refractivity contribution < 1.29 is 4.79 Å². The number of carbonyl (C=O) groups is 1. The van der Waals surface area contributed by atoms with E-state index in [1.807, 2.05) is 32.0 Å². The molecule has 0 saturated carbocycles. The molecule has 4 nitrogen and oxygen atoms in total. The van der Waals surface area contributed by atoms with Crippen molar-refractivity contribution in [2.45, 2.75) is 31.7 Å². The van der Waals surface area contributed by atoms with E-state index in [2.05, 4.69) is 15.5 Å². The van der Waals surface area contributed by atoms with Crippen molar-refractivity contribution in [2.75, 3.05) is 5.75 Å². The minimum Gasteiger partial charge on any atom is -0.273 e. The van der Waals surface area contributed by atoms with Gasteiger partial charge in [0.2, 0.25) is 5.91 Å². The van der Waals surface area contributed by atoms with Crippen LogP contribution >= 0.6 is 11.8 Å². The summed E-state index contributed by atoms with van der Waals surface area (Å²) >= 11 is 1.66. The number of nitrogens with one attached hydrogen (secondary N) is 1. The Morgan fingerprint density at radius 3 is 3.06 bits per heavy atom. The average Bonchev–Trinajstić information content (AvgIpc) is 2.35. The largest absolute Gasteiger partial charge is 0.273 e. The molecule has 98 valence electrons. The van der Waals surface area contributed by atoms with E-state index in [0.29, 0.717) is 12.3 Å². The molecule has 0 aliphatic heterocycles. The molecule has 0 spiro atoms. The first kappa shape index (κ1) is 14.7. The van der Waals surface area contributed by atoms with E-state index in [1.54, 1.807) is 24.2 Å². The number of amides is 1. The number of hydrogen-bond donors (Lipinski definition) is 1. The Kier molecular flexibility index (Phi) is 7.10. The lowest BCUT2D eigenvalue weighted by atomic mass is 10.3. The van der Waals surface area contributed by atoms with Crippen LogP contribution in [0.25, 0.3) is 0 Å². The Labute approximate surface area is 112 Å². The molecule has 0 saturated heterocycles. The van der Waals surface area contributed by atoms with E-state index in [1.165, 1.54) is 0 Å². The Morgan fingerprint density at radius 1 is 1.56 bits per heavy atom. The van der Waals surface area contributed by atoms with Crippen LogP contribution in [0.1, 0.15) is 26.7 Å². The van der Waals surface area contributed by atoms with Gasteiger partial charge in [-0.3, -0.25) is 4.79 Å². The number of hydrogen-bond acceptors (Lipinski definition) is 4. The first-order valence-electron chi connectivity index (χ1n) is 6.04. The van der Waals surface area contributed by atoms with Gasteiger partial charge < -0.3 is 0 Å². The van der Waals surface area contributed by atoms with Crippen LogP contribution in [-0.2, 0) is 4.79 Å². The van der Waals surface area contributed by atoms with Gasteiger partial charge in [-0.2, -0.15) is 5.10 Å². The lowest BCUT2D eigenvalue weighted by molar-refractivity contribution is -0.121. The fraction of sp³-hybridized carbons (Fsp3) is 0.462.